The predicted molar refractivity (Wildman–Crippen MR) is 64.0 cm³/mol. The van der Waals surface area contributed by atoms with Gasteiger partial charge in [0, 0.05) is 19.3 Å². The van der Waals surface area contributed by atoms with Crippen molar-refractivity contribution in [1.29, 1.82) is 0 Å². The second-order valence-corrected chi connectivity index (χ2v) is 4.75. The van der Waals surface area contributed by atoms with E-state index in [4.69, 9.17) is 4.74 Å². The van der Waals surface area contributed by atoms with Gasteiger partial charge in [0.2, 0.25) is 0 Å². The van der Waals surface area contributed by atoms with E-state index in [0.717, 1.165) is 37.9 Å². The number of ether oxygens (including phenoxy) is 1. The summed E-state index contributed by atoms with van der Waals surface area (Å²) >= 11 is 0. The number of hydrogen-bond donors (Lipinski definition) is 0. The Morgan fingerprint density at radius 2 is 2.06 bits per heavy atom. The minimum absolute atomic E-state index is 0.785. The first kappa shape index (κ1) is 10.1. The first-order chi connectivity index (χ1) is 7.84. The third-order valence-electron chi connectivity index (χ3n) is 3.48. The average Bonchev–Trinajstić information content (AvgIpc) is 3.15. The smallest absolute Gasteiger partial charge is 0.0642 e. The highest BCUT2D eigenvalue weighted by Gasteiger charge is 2.25. The lowest BCUT2D eigenvalue weighted by Crippen LogP contribution is -2.36. The lowest BCUT2D eigenvalue weighted by atomic mass is 10.1. The van der Waals surface area contributed by atoms with Gasteiger partial charge in [0.15, 0.2) is 0 Å². The molecular formula is C13H18N2O. The number of hydrogen-bond acceptors (Lipinski definition) is 3. The van der Waals surface area contributed by atoms with E-state index in [0.29, 0.717) is 0 Å². The third-order valence-corrected chi connectivity index (χ3v) is 3.48. The zero-order valence-electron chi connectivity index (χ0n) is 9.78. The molecule has 0 radical (unpaired) electrons. The van der Waals surface area contributed by atoms with Crippen molar-refractivity contribution < 1.29 is 4.74 Å². The number of aryl methyl sites for hydroxylation is 1. The van der Waals surface area contributed by atoms with E-state index < -0.39 is 0 Å². The molecule has 86 valence electrons. The Hall–Kier alpha value is -1.09. The standard InChI is InChI=1S/C13H18N2O/c1-10-13(15-4-6-16-7-5-15)8-12(9-14-10)11-2-3-11/h8-9,11H,2-7H2,1H3. The van der Waals surface area contributed by atoms with E-state index in [1.165, 1.54) is 24.1 Å². The van der Waals surface area contributed by atoms with Crippen LogP contribution < -0.4 is 4.90 Å². The van der Waals surface area contributed by atoms with Crippen molar-refractivity contribution in [3.63, 3.8) is 0 Å². The Bertz CT molecular complexity index is 382. The van der Waals surface area contributed by atoms with E-state index >= 15 is 0 Å². The molecule has 1 aliphatic carbocycles. The van der Waals surface area contributed by atoms with Crippen molar-refractivity contribution in [2.45, 2.75) is 25.7 Å². The Kier molecular flexibility index (Phi) is 2.56. The monoisotopic (exact) mass is 218 g/mol. The number of anilines is 1. The van der Waals surface area contributed by atoms with Crippen LogP contribution in [0.3, 0.4) is 0 Å². The largest absolute Gasteiger partial charge is 0.378 e. The second-order valence-electron chi connectivity index (χ2n) is 4.75. The van der Waals surface area contributed by atoms with Crippen LogP contribution in [0.25, 0.3) is 0 Å². The van der Waals surface area contributed by atoms with Crippen molar-refractivity contribution >= 4 is 5.69 Å². The minimum Gasteiger partial charge on any atom is -0.378 e. The summed E-state index contributed by atoms with van der Waals surface area (Å²) < 4.78 is 5.39. The molecule has 1 aliphatic heterocycles. The van der Waals surface area contributed by atoms with E-state index in [2.05, 4.69) is 29.1 Å². The quantitative estimate of drug-likeness (QED) is 0.760. The molecule has 1 saturated carbocycles. The molecule has 2 heterocycles. The van der Waals surface area contributed by atoms with Crippen LogP contribution in [0.5, 0.6) is 0 Å². The SMILES string of the molecule is Cc1ncc(C2CC2)cc1N1CCOCC1. The maximum atomic E-state index is 5.39. The van der Waals surface area contributed by atoms with E-state index in [1.54, 1.807) is 0 Å². The number of nitrogens with zero attached hydrogens (tertiary/aromatic N) is 2. The van der Waals surface area contributed by atoms with Gasteiger partial charge in [0.05, 0.1) is 24.6 Å². The maximum absolute atomic E-state index is 5.39. The molecule has 3 rings (SSSR count). The highest BCUT2D eigenvalue weighted by Crippen LogP contribution is 2.41. The molecule has 3 nitrogen and oxygen atoms in total. The van der Waals surface area contributed by atoms with Crippen molar-refractivity contribution in [3.8, 4) is 0 Å². The summed E-state index contributed by atoms with van der Waals surface area (Å²) in [5, 5.41) is 0. The molecule has 16 heavy (non-hydrogen) atoms. The summed E-state index contributed by atoms with van der Waals surface area (Å²) in [6, 6.07) is 2.34. The molecule has 0 N–H and O–H groups in total. The highest BCUT2D eigenvalue weighted by molar-refractivity contribution is 5.53. The lowest BCUT2D eigenvalue weighted by Gasteiger charge is -2.30. The van der Waals surface area contributed by atoms with Crippen molar-refractivity contribution in [3.05, 3.63) is 23.5 Å². The summed E-state index contributed by atoms with van der Waals surface area (Å²) in [4.78, 5) is 6.93. The highest BCUT2D eigenvalue weighted by atomic mass is 16.5. The fraction of sp³-hybridized carbons (Fsp3) is 0.615. The van der Waals surface area contributed by atoms with Crippen LogP contribution in [0.4, 0.5) is 5.69 Å². The Morgan fingerprint density at radius 3 is 2.75 bits per heavy atom. The Morgan fingerprint density at radius 1 is 1.31 bits per heavy atom. The summed E-state index contributed by atoms with van der Waals surface area (Å²) in [5.74, 6) is 0.785. The summed E-state index contributed by atoms with van der Waals surface area (Å²) in [5.41, 5.74) is 3.88. The van der Waals surface area contributed by atoms with Gasteiger partial charge >= 0.3 is 0 Å². The van der Waals surface area contributed by atoms with Crippen LogP contribution in [0.15, 0.2) is 12.3 Å². The lowest BCUT2D eigenvalue weighted by molar-refractivity contribution is 0.122. The normalized spacial score (nSPS) is 21.2. The van der Waals surface area contributed by atoms with Gasteiger partial charge in [-0.1, -0.05) is 0 Å². The third kappa shape index (κ3) is 1.92. The molecule has 0 bridgehead atoms. The summed E-state index contributed by atoms with van der Waals surface area (Å²) in [7, 11) is 0. The van der Waals surface area contributed by atoms with Crippen LogP contribution in [0.2, 0.25) is 0 Å². The second kappa shape index (κ2) is 4.06. The number of aromatic nitrogens is 1. The fourth-order valence-electron chi connectivity index (χ4n) is 2.30. The molecule has 0 unspecified atom stereocenters. The van der Waals surface area contributed by atoms with Crippen LogP contribution in [0, 0.1) is 6.92 Å². The zero-order chi connectivity index (χ0) is 11.0. The van der Waals surface area contributed by atoms with Crippen molar-refractivity contribution in [2.24, 2.45) is 0 Å². The van der Waals surface area contributed by atoms with Gasteiger partial charge in [0.25, 0.3) is 0 Å². The molecule has 1 aromatic rings. The molecule has 2 aliphatic rings. The first-order valence-corrected chi connectivity index (χ1v) is 6.14. The molecule has 2 fully saturated rings. The van der Waals surface area contributed by atoms with Crippen molar-refractivity contribution in [1.82, 2.24) is 4.98 Å². The Balaban J connectivity index is 1.88. The van der Waals surface area contributed by atoms with Crippen LogP contribution >= 0.6 is 0 Å². The zero-order valence-corrected chi connectivity index (χ0v) is 9.78. The fourth-order valence-corrected chi connectivity index (χ4v) is 2.30. The summed E-state index contributed by atoms with van der Waals surface area (Å²) in [6.07, 6.45) is 4.73. The summed E-state index contributed by atoms with van der Waals surface area (Å²) in [6.45, 7) is 5.77. The molecule has 3 heteroatoms. The van der Waals surface area contributed by atoms with E-state index in [9.17, 15) is 0 Å². The van der Waals surface area contributed by atoms with Gasteiger partial charge in [-0.3, -0.25) is 4.98 Å². The number of morpholine rings is 1. The topological polar surface area (TPSA) is 25.4 Å². The molecule has 0 aromatic carbocycles. The van der Waals surface area contributed by atoms with Gasteiger partial charge in [-0.05, 0) is 37.3 Å². The molecule has 0 amide bonds. The van der Waals surface area contributed by atoms with Crippen molar-refractivity contribution in [2.75, 3.05) is 31.2 Å². The molecule has 1 saturated heterocycles. The van der Waals surface area contributed by atoms with Crippen LogP contribution in [-0.4, -0.2) is 31.3 Å². The molecule has 0 spiro atoms. The molecular weight excluding hydrogens is 200 g/mol. The van der Waals surface area contributed by atoms with Gasteiger partial charge < -0.3 is 9.64 Å². The number of rotatable bonds is 2. The molecule has 0 atom stereocenters. The van der Waals surface area contributed by atoms with Gasteiger partial charge in [-0.2, -0.15) is 0 Å². The van der Waals surface area contributed by atoms with E-state index in [1.807, 2.05) is 0 Å². The number of pyridine rings is 1. The Labute approximate surface area is 96.4 Å². The maximum Gasteiger partial charge on any atom is 0.0642 e. The van der Waals surface area contributed by atoms with Crippen LogP contribution in [0.1, 0.15) is 30.0 Å². The molecule has 1 aromatic heterocycles. The van der Waals surface area contributed by atoms with Gasteiger partial charge in [0.1, 0.15) is 0 Å². The van der Waals surface area contributed by atoms with Crippen LogP contribution in [-0.2, 0) is 4.74 Å². The van der Waals surface area contributed by atoms with E-state index in [-0.39, 0.29) is 0 Å². The van der Waals surface area contributed by atoms with Gasteiger partial charge in [-0.15, -0.1) is 0 Å². The average molecular weight is 218 g/mol. The predicted octanol–water partition coefficient (Wildman–Crippen LogP) is 2.10. The first-order valence-electron chi connectivity index (χ1n) is 6.14. The minimum atomic E-state index is 0.785. The van der Waals surface area contributed by atoms with Gasteiger partial charge in [-0.25, -0.2) is 0 Å².